The zero-order valence-electron chi connectivity index (χ0n) is 18.1. The number of hydrogen-bond acceptors (Lipinski definition) is 7. The number of aromatic nitrogens is 2. The van der Waals surface area contributed by atoms with Crippen molar-refractivity contribution in [1.29, 1.82) is 5.26 Å². The second-order valence-electron chi connectivity index (χ2n) is 8.61. The Hall–Kier alpha value is -2.31. The summed E-state index contributed by atoms with van der Waals surface area (Å²) in [6.45, 7) is 6.29. The number of H-pyrrole nitrogens is 1. The molecule has 32 heavy (non-hydrogen) atoms. The number of piperazine rings is 1. The standard InChI is InChI=1S/C23H28ClN7S/c24-22-17-5-7-27-18(17)3-4-20(22)31-13-10-29(11-14-31)9-12-30(8-6-25)16-1-2-19-21(15-16)32-23(26)28-19/h3-5,7,16,27H,1-2,8-15H2,(H2,26,28)/t16-/m0/s1. The number of aryl methyl sites for hydroxylation is 1. The Morgan fingerprint density at radius 2 is 2.12 bits per heavy atom. The van der Waals surface area contributed by atoms with Crippen LogP contribution in [0.1, 0.15) is 17.0 Å². The van der Waals surface area contributed by atoms with Crippen molar-refractivity contribution < 1.29 is 0 Å². The highest BCUT2D eigenvalue weighted by Gasteiger charge is 2.27. The first-order valence-corrected chi connectivity index (χ1v) is 12.4. The number of halogens is 1. The fourth-order valence-electron chi connectivity index (χ4n) is 4.98. The number of nitrogen functional groups attached to an aromatic ring is 1. The van der Waals surface area contributed by atoms with Crippen LogP contribution in [0.4, 0.5) is 10.8 Å². The molecule has 0 bridgehead atoms. The monoisotopic (exact) mass is 469 g/mol. The minimum Gasteiger partial charge on any atom is -0.375 e. The maximum Gasteiger partial charge on any atom is 0.180 e. The average molecular weight is 470 g/mol. The second-order valence-corrected chi connectivity index (χ2v) is 10.1. The summed E-state index contributed by atoms with van der Waals surface area (Å²) in [5, 5.41) is 12.0. The van der Waals surface area contributed by atoms with Gasteiger partial charge in [-0.3, -0.25) is 9.80 Å². The number of aromatic amines is 1. The number of nitrogens with one attached hydrogen (secondary N) is 1. The van der Waals surface area contributed by atoms with Gasteiger partial charge < -0.3 is 15.6 Å². The molecule has 1 fully saturated rings. The van der Waals surface area contributed by atoms with Gasteiger partial charge in [0.05, 0.1) is 29.0 Å². The van der Waals surface area contributed by atoms with E-state index in [0.29, 0.717) is 17.7 Å². The summed E-state index contributed by atoms with van der Waals surface area (Å²) < 4.78 is 0. The normalized spacial score (nSPS) is 19.4. The number of rotatable bonds is 6. The predicted molar refractivity (Wildman–Crippen MR) is 131 cm³/mol. The van der Waals surface area contributed by atoms with Crippen molar-refractivity contribution in [3.8, 4) is 6.07 Å². The Labute approximate surface area is 197 Å². The number of nitriles is 1. The van der Waals surface area contributed by atoms with Crippen LogP contribution < -0.4 is 10.6 Å². The Balaban J connectivity index is 1.16. The molecule has 1 atom stereocenters. The molecule has 7 nitrogen and oxygen atoms in total. The van der Waals surface area contributed by atoms with Crippen LogP contribution in [0.5, 0.6) is 0 Å². The lowest BCUT2D eigenvalue weighted by Gasteiger charge is -2.38. The molecule has 0 radical (unpaired) electrons. The van der Waals surface area contributed by atoms with E-state index in [2.05, 4.69) is 42.9 Å². The van der Waals surface area contributed by atoms with E-state index in [1.165, 1.54) is 4.88 Å². The first kappa shape index (κ1) is 21.5. The lowest BCUT2D eigenvalue weighted by Crippen LogP contribution is -2.50. The van der Waals surface area contributed by atoms with Gasteiger partial charge in [-0.2, -0.15) is 5.26 Å². The molecule has 1 aliphatic heterocycles. The predicted octanol–water partition coefficient (Wildman–Crippen LogP) is 3.37. The van der Waals surface area contributed by atoms with Crippen molar-refractivity contribution >= 4 is 44.7 Å². The maximum absolute atomic E-state index is 9.39. The van der Waals surface area contributed by atoms with E-state index < -0.39 is 0 Å². The molecular weight excluding hydrogens is 442 g/mol. The molecule has 2 aromatic heterocycles. The molecule has 3 heterocycles. The fourth-order valence-corrected chi connectivity index (χ4v) is 6.28. The van der Waals surface area contributed by atoms with E-state index in [1.807, 2.05) is 12.3 Å². The lowest BCUT2D eigenvalue weighted by molar-refractivity contribution is 0.160. The summed E-state index contributed by atoms with van der Waals surface area (Å²) in [5.74, 6) is 0. The number of nitrogens with two attached hydrogens (primary N) is 1. The van der Waals surface area contributed by atoms with Gasteiger partial charge in [-0.1, -0.05) is 11.6 Å². The SMILES string of the molecule is N#CCN(CCN1CCN(c2ccc3[nH]ccc3c2Cl)CC1)[C@H]1CCc2nc(N)sc2C1. The third-order valence-electron chi connectivity index (χ3n) is 6.79. The number of nitrogens with zero attached hydrogens (tertiary/aromatic N) is 5. The molecule has 9 heteroatoms. The molecule has 168 valence electrons. The van der Waals surface area contributed by atoms with Crippen molar-refractivity contribution in [1.82, 2.24) is 19.8 Å². The van der Waals surface area contributed by atoms with Gasteiger partial charge in [0.15, 0.2) is 5.13 Å². The van der Waals surface area contributed by atoms with Crippen LogP contribution in [0, 0.1) is 11.3 Å². The van der Waals surface area contributed by atoms with E-state index in [1.54, 1.807) is 11.3 Å². The third kappa shape index (κ3) is 4.30. The molecule has 0 unspecified atom stereocenters. The van der Waals surface area contributed by atoms with Gasteiger partial charge >= 0.3 is 0 Å². The van der Waals surface area contributed by atoms with Crippen molar-refractivity contribution in [3.05, 3.63) is 40.0 Å². The molecule has 0 saturated carbocycles. The number of hydrogen-bond donors (Lipinski definition) is 2. The van der Waals surface area contributed by atoms with Gasteiger partial charge in [-0.15, -0.1) is 11.3 Å². The smallest absolute Gasteiger partial charge is 0.180 e. The Bertz CT molecular complexity index is 1130. The van der Waals surface area contributed by atoms with Gasteiger partial charge in [0.25, 0.3) is 0 Å². The maximum atomic E-state index is 9.39. The molecular formula is C23H28ClN7S. The summed E-state index contributed by atoms with van der Waals surface area (Å²) in [7, 11) is 0. The van der Waals surface area contributed by atoms with Crippen LogP contribution in [0.15, 0.2) is 24.4 Å². The minimum atomic E-state index is 0.398. The van der Waals surface area contributed by atoms with E-state index in [4.69, 9.17) is 17.3 Å². The topological polar surface area (TPSA) is 88.2 Å². The summed E-state index contributed by atoms with van der Waals surface area (Å²) >= 11 is 8.29. The summed E-state index contributed by atoms with van der Waals surface area (Å²) in [4.78, 5) is 16.2. The van der Waals surface area contributed by atoms with Gasteiger partial charge in [0.1, 0.15) is 0 Å². The van der Waals surface area contributed by atoms with E-state index in [0.717, 1.165) is 85.8 Å². The number of thiazole rings is 1. The van der Waals surface area contributed by atoms with Crippen molar-refractivity contribution in [2.24, 2.45) is 0 Å². The lowest BCUT2D eigenvalue weighted by atomic mass is 9.96. The van der Waals surface area contributed by atoms with Crippen LogP contribution >= 0.6 is 22.9 Å². The highest BCUT2D eigenvalue weighted by Crippen LogP contribution is 2.34. The summed E-state index contributed by atoms with van der Waals surface area (Å²) in [6, 6.07) is 9.04. The Morgan fingerprint density at radius 3 is 2.94 bits per heavy atom. The van der Waals surface area contributed by atoms with Gasteiger partial charge in [-0.25, -0.2) is 4.98 Å². The quantitative estimate of drug-likeness (QED) is 0.538. The van der Waals surface area contributed by atoms with E-state index in [-0.39, 0.29) is 0 Å². The molecule has 3 N–H and O–H groups in total. The molecule has 0 spiro atoms. The van der Waals surface area contributed by atoms with Crippen LogP contribution in [-0.2, 0) is 12.8 Å². The van der Waals surface area contributed by atoms with E-state index in [9.17, 15) is 5.26 Å². The Kier molecular flexibility index (Phi) is 6.24. The molecule has 0 amide bonds. The van der Waals surface area contributed by atoms with Gasteiger partial charge in [-0.05, 0) is 37.5 Å². The van der Waals surface area contributed by atoms with Crippen molar-refractivity contribution in [2.75, 3.05) is 56.4 Å². The van der Waals surface area contributed by atoms with Gasteiger partial charge in [0.2, 0.25) is 0 Å². The molecule has 1 aliphatic carbocycles. The number of benzene rings is 1. The van der Waals surface area contributed by atoms with Crippen LogP contribution in [-0.4, -0.2) is 71.6 Å². The highest BCUT2D eigenvalue weighted by molar-refractivity contribution is 7.15. The average Bonchev–Trinajstić information content (AvgIpc) is 3.43. The zero-order valence-corrected chi connectivity index (χ0v) is 19.6. The van der Waals surface area contributed by atoms with Crippen LogP contribution in [0.25, 0.3) is 10.9 Å². The molecule has 3 aromatic rings. The number of anilines is 2. The molecule has 2 aliphatic rings. The van der Waals surface area contributed by atoms with Gasteiger partial charge in [0, 0.05) is 67.3 Å². The first-order chi connectivity index (χ1) is 15.6. The van der Waals surface area contributed by atoms with E-state index >= 15 is 0 Å². The van der Waals surface area contributed by atoms with Crippen LogP contribution in [0.2, 0.25) is 5.02 Å². The third-order valence-corrected chi connectivity index (χ3v) is 8.13. The van der Waals surface area contributed by atoms with Crippen LogP contribution in [0.3, 0.4) is 0 Å². The summed E-state index contributed by atoms with van der Waals surface area (Å²) in [5.41, 5.74) is 9.25. The zero-order chi connectivity index (χ0) is 22.1. The van der Waals surface area contributed by atoms with Crippen molar-refractivity contribution in [3.63, 3.8) is 0 Å². The Morgan fingerprint density at radius 1 is 1.28 bits per heavy atom. The molecule has 5 rings (SSSR count). The second kappa shape index (κ2) is 9.28. The molecule has 1 saturated heterocycles. The summed E-state index contributed by atoms with van der Waals surface area (Å²) in [6.07, 6.45) is 4.90. The molecule has 1 aromatic carbocycles. The fraction of sp³-hybridized carbons (Fsp3) is 0.478. The number of fused-ring (bicyclic) bond motifs is 2. The minimum absolute atomic E-state index is 0.398. The highest BCUT2D eigenvalue weighted by atomic mass is 35.5. The first-order valence-electron chi connectivity index (χ1n) is 11.2. The largest absolute Gasteiger partial charge is 0.375 e. The van der Waals surface area contributed by atoms with Crippen molar-refractivity contribution in [2.45, 2.75) is 25.3 Å².